The molecule has 0 saturated carbocycles. The molecule has 0 aliphatic carbocycles. The third-order valence-corrected chi connectivity index (χ3v) is 3.26. The van der Waals surface area contributed by atoms with E-state index in [1.54, 1.807) is 0 Å². The fourth-order valence-corrected chi connectivity index (χ4v) is 2.19. The molecule has 0 bridgehead atoms. The molecular formula is C15H23ClN2O. The summed E-state index contributed by atoms with van der Waals surface area (Å²) in [4.78, 5) is 11.9. The zero-order valence-corrected chi connectivity index (χ0v) is 12.4. The number of nitrogens with two attached hydrogens (primary N) is 1. The van der Waals surface area contributed by atoms with Gasteiger partial charge >= 0.3 is 0 Å². The maximum absolute atomic E-state index is 11.9. The van der Waals surface area contributed by atoms with E-state index >= 15 is 0 Å². The van der Waals surface area contributed by atoms with E-state index in [1.165, 1.54) is 0 Å². The maximum atomic E-state index is 11.9. The highest BCUT2D eigenvalue weighted by atomic mass is 35.5. The molecule has 0 aliphatic rings. The molecule has 0 spiro atoms. The van der Waals surface area contributed by atoms with Crippen LogP contribution in [0, 0.1) is 0 Å². The van der Waals surface area contributed by atoms with Gasteiger partial charge in [-0.25, -0.2) is 0 Å². The van der Waals surface area contributed by atoms with Gasteiger partial charge in [0.05, 0.1) is 6.04 Å². The number of rotatable bonds is 7. The highest BCUT2D eigenvalue weighted by Gasteiger charge is 2.15. The Morgan fingerprint density at radius 2 is 2.21 bits per heavy atom. The van der Waals surface area contributed by atoms with Crippen LogP contribution in [0.2, 0.25) is 5.02 Å². The predicted octanol–water partition coefficient (Wildman–Crippen LogP) is 2.90. The van der Waals surface area contributed by atoms with Gasteiger partial charge in [0.25, 0.3) is 0 Å². The molecule has 0 saturated heterocycles. The lowest BCUT2D eigenvalue weighted by atomic mass is 10.1. The molecular weight excluding hydrogens is 260 g/mol. The topological polar surface area (TPSA) is 55.1 Å². The lowest BCUT2D eigenvalue weighted by Crippen LogP contribution is -2.45. The van der Waals surface area contributed by atoms with Gasteiger partial charge in [0.2, 0.25) is 5.91 Å². The van der Waals surface area contributed by atoms with Crippen molar-refractivity contribution in [3.8, 4) is 0 Å². The summed E-state index contributed by atoms with van der Waals surface area (Å²) in [6.07, 6.45) is 3.54. The Hall–Kier alpha value is -1.06. The molecule has 1 aromatic rings. The summed E-state index contributed by atoms with van der Waals surface area (Å²) >= 11 is 5.93. The molecule has 1 amide bonds. The lowest BCUT2D eigenvalue weighted by molar-refractivity contribution is -0.123. The first-order chi connectivity index (χ1) is 9.02. The van der Waals surface area contributed by atoms with Crippen molar-refractivity contribution in [2.24, 2.45) is 5.73 Å². The maximum Gasteiger partial charge on any atom is 0.237 e. The highest BCUT2D eigenvalue weighted by Crippen LogP contribution is 2.12. The van der Waals surface area contributed by atoms with E-state index in [0.717, 1.165) is 36.3 Å². The van der Waals surface area contributed by atoms with Crippen molar-refractivity contribution < 1.29 is 4.79 Å². The number of halogens is 1. The van der Waals surface area contributed by atoms with E-state index in [0.29, 0.717) is 0 Å². The van der Waals surface area contributed by atoms with Gasteiger partial charge in [-0.2, -0.15) is 0 Å². The smallest absolute Gasteiger partial charge is 0.237 e. The Morgan fingerprint density at radius 1 is 1.47 bits per heavy atom. The molecule has 2 atom stereocenters. The summed E-state index contributed by atoms with van der Waals surface area (Å²) in [5.41, 5.74) is 6.95. The van der Waals surface area contributed by atoms with Gasteiger partial charge in [0.15, 0.2) is 0 Å². The fraction of sp³-hybridized carbons (Fsp3) is 0.533. The van der Waals surface area contributed by atoms with Gasteiger partial charge in [-0.05, 0) is 37.5 Å². The summed E-state index contributed by atoms with van der Waals surface area (Å²) in [6.45, 7) is 4.07. The number of carbonyl (C=O) groups is 1. The van der Waals surface area contributed by atoms with Crippen LogP contribution in [0.3, 0.4) is 0 Å². The molecule has 3 N–H and O–H groups in total. The Bertz CT molecular complexity index is 409. The van der Waals surface area contributed by atoms with Gasteiger partial charge in [-0.1, -0.05) is 43.5 Å². The lowest BCUT2D eigenvalue weighted by Gasteiger charge is -2.17. The monoisotopic (exact) mass is 282 g/mol. The first-order valence-electron chi connectivity index (χ1n) is 6.83. The van der Waals surface area contributed by atoms with Crippen molar-refractivity contribution in [2.45, 2.75) is 51.6 Å². The SMILES string of the molecule is CCCCC(N)C(=O)NC(C)Cc1cccc(Cl)c1. The fourth-order valence-electron chi connectivity index (χ4n) is 1.97. The molecule has 0 radical (unpaired) electrons. The number of unbranched alkanes of at least 4 members (excludes halogenated alkanes) is 1. The van der Waals surface area contributed by atoms with Gasteiger partial charge in [0, 0.05) is 11.1 Å². The van der Waals surface area contributed by atoms with Crippen LogP contribution in [0.1, 0.15) is 38.7 Å². The van der Waals surface area contributed by atoms with Crippen LogP contribution < -0.4 is 11.1 Å². The number of hydrogen-bond acceptors (Lipinski definition) is 2. The first kappa shape index (κ1) is 16.0. The van der Waals surface area contributed by atoms with Crippen LogP contribution in [0.15, 0.2) is 24.3 Å². The minimum absolute atomic E-state index is 0.0543. The number of nitrogens with one attached hydrogen (secondary N) is 1. The van der Waals surface area contributed by atoms with Crippen molar-refractivity contribution in [2.75, 3.05) is 0 Å². The van der Waals surface area contributed by atoms with Crippen molar-refractivity contribution in [3.05, 3.63) is 34.9 Å². The Kier molecular flexibility index (Phi) is 6.89. The second kappa shape index (κ2) is 8.18. The molecule has 2 unspecified atom stereocenters. The summed E-state index contributed by atoms with van der Waals surface area (Å²) in [6, 6.07) is 7.33. The molecule has 0 aromatic heterocycles. The Morgan fingerprint density at radius 3 is 2.84 bits per heavy atom. The minimum Gasteiger partial charge on any atom is -0.352 e. The summed E-state index contributed by atoms with van der Waals surface area (Å²) in [7, 11) is 0. The van der Waals surface area contributed by atoms with Gasteiger partial charge in [-0.15, -0.1) is 0 Å². The van der Waals surface area contributed by atoms with Crippen LogP contribution in [0.25, 0.3) is 0 Å². The molecule has 106 valence electrons. The highest BCUT2D eigenvalue weighted by molar-refractivity contribution is 6.30. The zero-order valence-electron chi connectivity index (χ0n) is 11.7. The summed E-state index contributed by atoms with van der Waals surface area (Å²) in [5, 5.41) is 3.67. The normalized spacial score (nSPS) is 13.9. The third-order valence-electron chi connectivity index (χ3n) is 3.03. The van der Waals surface area contributed by atoms with Crippen LogP contribution >= 0.6 is 11.6 Å². The number of hydrogen-bond donors (Lipinski definition) is 2. The van der Waals surface area contributed by atoms with Crippen LogP contribution in [-0.4, -0.2) is 18.0 Å². The van der Waals surface area contributed by atoms with Gasteiger partial charge in [-0.3, -0.25) is 4.79 Å². The zero-order chi connectivity index (χ0) is 14.3. The first-order valence-corrected chi connectivity index (χ1v) is 7.21. The van der Waals surface area contributed by atoms with E-state index in [4.69, 9.17) is 17.3 Å². The molecule has 0 heterocycles. The van der Waals surface area contributed by atoms with E-state index < -0.39 is 6.04 Å². The molecule has 0 fully saturated rings. The molecule has 3 nitrogen and oxygen atoms in total. The quantitative estimate of drug-likeness (QED) is 0.808. The molecule has 19 heavy (non-hydrogen) atoms. The molecule has 0 aliphatic heterocycles. The average Bonchev–Trinajstić information content (AvgIpc) is 2.35. The van der Waals surface area contributed by atoms with E-state index in [2.05, 4.69) is 12.2 Å². The molecule has 4 heteroatoms. The summed E-state index contributed by atoms with van der Waals surface area (Å²) < 4.78 is 0. The summed E-state index contributed by atoms with van der Waals surface area (Å²) in [5.74, 6) is -0.0667. The van der Waals surface area contributed by atoms with E-state index in [-0.39, 0.29) is 11.9 Å². The van der Waals surface area contributed by atoms with E-state index in [1.807, 2.05) is 31.2 Å². The van der Waals surface area contributed by atoms with E-state index in [9.17, 15) is 4.79 Å². The minimum atomic E-state index is -0.401. The Balaban J connectivity index is 2.42. The third kappa shape index (κ3) is 6.08. The van der Waals surface area contributed by atoms with Crippen LogP contribution in [0.4, 0.5) is 0 Å². The van der Waals surface area contributed by atoms with Gasteiger partial charge in [0.1, 0.15) is 0 Å². The number of benzene rings is 1. The average molecular weight is 283 g/mol. The predicted molar refractivity (Wildman–Crippen MR) is 80.3 cm³/mol. The Labute approximate surface area is 120 Å². The van der Waals surface area contributed by atoms with Crippen molar-refractivity contribution in [1.82, 2.24) is 5.32 Å². The second-order valence-electron chi connectivity index (χ2n) is 4.99. The molecule has 1 aromatic carbocycles. The number of amides is 1. The van der Waals surface area contributed by atoms with Crippen LogP contribution in [0.5, 0.6) is 0 Å². The molecule has 1 rings (SSSR count). The number of carbonyl (C=O) groups excluding carboxylic acids is 1. The van der Waals surface area contributed by atoms with Crippen LogP contribution in [-0.2, 0) is 11.2 Å². The standard InChI is InChI=1S/C15H23ClN2O/c1-3-4-8-14(17)15(19)18-11(2)9-12-6-5-7-13(16)10-12/h5-7,10-11,14H,3-4,8-9,17H2,1-2H3,(H,18,19). The van der Waals surface area contributed by atoms with Crippen molar-refractivity contribution >= 4 is 17.5 Å². The van der Waals surface area contributed by atoms with Gasteiger partial charge < -0.3 is 11.1 Å². The van der Waals surface area contributed by atoms with Crippen molar-refractivity contribution in [1.29, 1.82) is 0 Å². The van der Waals surface area contributed by atoms with Crippen molar-refractivity contribution in [3.63, 3.8) is 0 Å². The largest absolute Gasteiger partial charge is 0.352 e. The second-order valence-corrected chi connectivity index (χ2v) is 5.43.